The van der Waals surface area contributed by atoms with Crippen molar-refractivity contribution in [2.75, 3.05) is 59.4 Å². The fourth-order valence-corrected chi connectivity index (χ4v) is 7.13. The number of methoxy groups -OCH3 is 2. The summed E-state index contributed by atoms with van der Waals surface area (Å²) in [5, 5.41) is 0.563. The van der Waals surface area contributed by atoms with E-state index in [0.29, 0.717) is 41.5 Å². The smallest absolute Gasteiger partial charge is 0.243 e. The summed E-state index contributed by atoms with van der Waals surface area (Å²) in [6, 6.07) is 8.42. The predicted octanol–water partition coefficient (Wildman–Crippen LogP) is 3.84. The number of sulfonamides is 1. The first-order valence-corrected chi connectivity index (χ1v) is 14.6. The van der Waals surface area contributed by atoms with E-state index in [0.717, 1.165) is 29.8 Å². The zero-order valence-corrected chi connectivity index (χ0v) is 23.6. The third-order valence-electron chi connectivity index (χ3n) is 6.64. The molecule has 12 heteroatoms. The van der Waals surface area contributed by atoms with Crippen LogP contribution in [-0.4, -0.2) is 83.0 Å². The van der Waals surface area contributed by atoms with Gasteiger partial charge in [0.05, 0.1) is 19.1 Å². The molecule has 0 unspecified atom stereocenters. The highest BCUT2D eigenvalue weighted by molar-refractivity contribution is 7.89. The van der Waals surface area contributed by atoms with Gasteiger partial charge in [0.2, 0.25) is 15.9 Å². The Kier molecular flexibility index (Phi) is 8.86. The largest absolute Gasteiger partial charge is 0.495 e. The number of hydrogen-bond donors (Lipinski definition) is 0. The van der Waals surface area contributed by atoms with Gasteiger partial charge in [-0.05, 0) is 76.3 Å². The molecule has 1 saturated heterocycles. The molecule has 1 amide bonds. The molecule has 0 radical (unpaired) electrons. The number of rotatable bonds is 10. The Hall–Kier alpha value is -2.80. The summed E-state index contributed by atoms with van der Waals surface area (Å²) < 4.78 is 52.5. The zero-order valence-electron chi connectivity index (χ0n) is 22.0. The minimum atomic E-state index is -3.76. The topological polar surface area (TPSA) is 92.3 Å². The van der Waals surface area contributed by atoms with Crippen molar-refractivity contribution in [2.45, 2.75) is 24.2 Å². The molecule has 3 aromatic rings. The quantitative estimate of drug-likeness (QED) is 0.370. The summed E-state index contributed by atoms with van der Waals surface area (Å²) in [6.45, 7) is 1.71. The third kappa shape index (κ3) is 5.93. The number of ether oxygens (including phenoxy) is 2. The number of anilines is 1. The van der Waals surface area contributed by atoms with E-state index in [2.05, 4.69) is 4.90 Å². The summed E-state index contributed by atoms with van der Waals surface area (Å²) in [6.07, 6.45) is 1.53. The molecule has 38 heavy (non-hydrogen) atoms. The van der Waals surface area contributed by atoms with Gasteiger partial charge >= 0.3 is 0 Å². The lowest BCUT2D eigenvalue weighted by Crippen LogP contribution is -2.45. The molecule has 1 aromatic heterocycles. The van der Waals surface area contributed by atoms with Gasteiger partial charge in [0, 0.05) is 25.6 Å². The molecule has 0 aliphatic carbocycles. The van der Waals surface area contributed by atoms with Crippen molar-refractivity contribution in [3.8, 4) is 11.5 Å². The molecule has 9 nitrogen and oxygen atoms in total. The second kappa shape index (κ2) is 11.9. The number of halogens is 1. The summed E-state index contributed by atoms with van der Waals surface area (Å²) in [5.41, 5.74) is 0.637. The Bertz CT molecular complexity index is 1330. The van der Waals surface area contributed by atoms with Gasteiger partial charge in [0.1, 0.15) is 27.5 Å². The van der Waals surface area contributed by atoms with Crippen LogP contribution in [0.1, 0.15) is 19.3 Å². The van der Waals surface area contributed by atoms with Gasteiger partial charge in [0.15, 0.2) is 5.13 Å². The van der Waals surface area contributed by atoms with Crippen LogP contribution in [0.15, 0.2) is 41.3 Å². The Balaban J connectivity index is 1.56. The second-order valence-electron chi connectivity index (χ2n) is 9.42. The SMILES string of the molecule is COc1ccc(OC)c2sc(N(CCCN(C)C)C(=O)C3CCN(S(=O)(=O)c4ccc(F)cc4)CC3)nc12. The molecule has 1 aliphatic heterocycles. The molecule has 4 rings (SSSR count). The number of nitrogens with zero attached hydrogens (tertiary/aromatic N) is 4. The summed E-state index contributed by atoms with van der Waals surface area (Å²) >= 11 is 1.38. The predicted molar refractivity (Wildman–Crippen MR) is 146 cm³/mol. The number of hydrogen-bond acceptors (Lipinski definition) is 8. The maximum absolute atomic E-state index is 13.8. The fourth-order valence-electron chi connectivity index (χ4n) is 4.55. The highest BCUT2D eigenvalue weighted by Crippen LogP contribution is 2.41. The van der Waals surface area contributed by atoms with E-state index in [4.69, 9.17) is 14.5 Å². The number of fused-ring (bicyclic) bond motifs is 1. The van der Waals surface area contributed by atoms with Crippen molar-refractivity contribution < 1.29 is 27.1 Å². The van der Waals surface area contributed by atoms with Gasteiger partial charge in [-0.1, -0.05) is 11.3 Å². The number of carbonyl (C=O) groups is 1. The van der Waals surface area contributed by atoms with E-state index in [1.807, 2.05) is 20.2 Å². The number of aromatic nitrogens is 1. The van der Waals surface area contributed by atoms with Gasteiger partial charge in [-0.3, -0.25) is 9.69 Å². The Morgan fingerprint density at radius 2 is 1.68 bits per heavy atom. The molecule has 0 bridgehead atoms. The molecule has 0 atom stereocenters. The van der Waals surface area contributed by atoms with Gasteiger partial charge in [-0.15, -0.1) is 0 Å². The first kappa shape index (κ1) is 28.2. The molecule has 0 saturated carbocycles. The van der Waals surface area contributed by atoms with Crippen molar-refractivity contribution >= 4 is 42.6 Å². The van der Waals surface area contributed by atoms with Crippen LogP contribution in [0.2, 0.25) is 0 Å². The van der Waals surface area contributed by atoms with Crippen LogP contribution in [0, 0.1) is 11.7 Å². The van der Waals surface area contributed by atoms with Crippen LogP contribution >= 0.6 is 11.3 Å². The average Bonchev–Trinajstić information content (AvgIpc) is 3.35. The van der Waals surface area contributed by atoms with E-state index in [9.17, 15) is 17.6 Å². The van der Waals surface area contributed by atoms with E-state index in [-0.39, 0.29) is 29.8 Å². The van der Waals surface area contributed by atoms with E-state index in [1.54, 1.807) is 25.2 Å². The van der Waals surface area contributed by atoms with Crippen molar-refractivity contribution in [1.82, 2.24) is 14.2 Å². The summed E-state index contributed by atoms with van der Waals surface area (Å²) in [7, 11) is 3.38. The molecular weight excluding hydrogens is 531 g/mol. The van der Waals surface area contributed by atoms with Crippen LogP contribution in [0.4, 0.5) is 9.52 Å². The van der Waals surface area contributed by atoms with Crippen molar-refractivity contribution in [1.29, 1.82) is 0 Å². The third-order valence-corrected chi connectivity index (χ3v) is 9.64. The van der Waals surface area contributed by atoms with Gasteiger partial charge < -0.3 is 14.4 Å². The monoisotopic (exact) mass is 564 g/mol. The number of carbonyl (C=O) groups excluding carboxylic acids is 1. The van der Waals surface area contributed by atoms with Gasteiger partial charge in [0.25, 0.3) is 0 Å². The van der Waals surface area contributed by atoms with Crippen LogP contribution < -0.4 is 14.4 Å². The molecule has 1 fully saturated rings. The maximum Gasteiger partial charge on any atom is 0.243 e. The van der Waals surface area contributed by atoms with E-state index < -0.39 is 15.8 Å². The van der Waals surface area contributed by atoms with Crippen LogP contribution in [0.5, 0.6) is 11.5 Å². The lowest BCUT2D eigenvalue weighted by molar-refractivity contribution is -0.123. The highest BCUT2D eigenvalue weighted by Gasteiger charge is 2.35. The van der Waals surface area contributed by atoms with Gasteiger partial charge in [-0.25, -0.2) is 17.8 Å². The Labute approximate surface area is 226 Å². The second-order valence-corrected chi connectivity index (χ2v) is 12.3. The van der Waals surface area contributed by atoms with Crippen LogP contribution in [0.25, 0.3) is 10.2 Å². The molecule has 0 spiro atoms. The fraction of sp³-hybridized carbons (Fsp3) is 0.462. The molecule has 0 N–H and O–H groups in total. The van der Waals surface area contributed by atoms with E-state index >= 15 is 0 Å². The van der Waals surface area contributed by atoms with E-state index in [1.165, 1.54) is 27.8 Å². The van der Waals surface area contributed by atoms with Crippen LogP contribution in [0.3, 0.4) is 0 Å². The van der Waals surface area contributed by atoms with Crippen molar-refractivity contribution in [3.05, 3.63) is 42.2 Å². The lowest BCUT2D eigenvalue weighted by atomic mass is 9.96. The van der Waals surface area contributed by atoms with Crippen LogP contribution in [-0.2, 0) is 14.8 Å². The lowest BCUT2D eigenvalue weighted by Gasteiger charge is -2.33. The minimum Gasteiger partial charge on any atom is -0.495 e. The Morgan fingerprint density at radius 1 is 1.05 bits per heavy atom. The van der Waals surface area contributed by atoms with Gasteiger partial charge in [-0.2, -0.15) is 4.31 Å². The van der Waals surface area contributed by atoms with Crippen molar-refractivity contribution in [2.24, 2.45) is 5.92 Å². The first-order chi connectivity index (χ1) is 18.1. The Morgan fingerprint density at radius 3 is 2.29 bits per heavy atom. The molecule has 2 aromatic carbocycles. The maximum atomic E-state index is 13.8. The summed E-state index contributed by atoms with van der Waals surface area (Å²) in [4.78, 5) is 22.4. The molecule has 2 heterocycles. The number of benzene rings is 2. The van der Waals surface area contributed by atoms with Crippen molar-refractivity contribution in [3.63, 3.8) is 0 Å². The number of amides is 1. The number of piperidine rings is 1. The standard InChI is InChI=1S/C26H33FN4O5S2/c1-29(2)14-5-15-31(26-28-23-21(35-3)10-11-22(36-4)24(23)37-26)25(32)18-12-16-30(17-13-18)38(33,34)20-8-6-19(27)7-9-20/h6-11,18H,5,12-17H2,1-4H3. The molecule has 206 valence electrons. The highest BCUT2D eigenvalue weighted by atomic mass is 32.2. The zero-order chi connectivity index (χ0) is 27.4. The number of thiazole rings is 1. The summed E-state index contributed by atoms with van der Waals surface area (Å²) in [5.74, 6) is 0.352. The first-order valence-electron chi connectivity index (χ1n) is 12.4. The normalized spacial score (nSPS) is 15.2. The average molecular weight is 565 g/mol. The minimum absolute atomic E-state index is 0.0476. The molecule has 1 aliphatic rings. The molecular formula is C26H33FN4O5S2.